The second kappa shape index (κ2) is 5.81. The quantitative estimate of drug-likeness (QED) is 0.831. The molecule has 0 aliphatic carbocycles. The fourth-order valence-corrected chi connectivity index (χ4v) is 4.32. The van der Waals surface area contributed by atoms with Crippen molar-refractivity contribution in [3.8, 4) is 5.75 Å². The second-order valence-electron chi connectivity index (χ2n) is 6.05. The number of aryl methyl sites for hydroxylation is 2. The lowest BCUT2D eigenvalue weighted by Gasteiger charge is -2.23. The van der Waals surface area contributed by atoms with Crippen LogP contribution in [0.5, 0.6) is 5.75 Å². The molecule has 0 spiro atoms. The summed E-state index contributed by atoms with van der Waals surface area (Å²) in [6.45, 7) is 2.44. The van der Waals surface area contributed by atoms with Crippen LogP contribution in [0.15, 0.2) is 23.1 Å². The fraction of sp³-hybridized carbons (Fsp3) is 0.400. The van der Waals surface area contributed by atoms with Crippen LogP contribution in [-0.2, 0) is 21.4 Å². The van der Waals surface area contributed by atoms with Crippen molar-refractivity contribution in [2.24, 2.45) is 0 Å². The molecule has 1 atom stereocenters. The number of fused-ring (bicyclic) bond motifs is 2. The number of ether oxygens (including phenoxy) is 1. The van der Waals surface area contributed by atoms with E-state index in [1.807, 2.05) is 0 Å². The van der Waals surface area contributed by atoms with Gasteiger partial charge < -0.3 is 10.1 Å². The number of amides is 1. The Kier molecular flexibility index (Phi) is 3.73. The number of anilines is 1. The summed E-state index contributed by atoms with van der Waals surface area (Å²) in [6.07, 6.45) is 1.47. The van der Waals surface area contributed by atoms with Crippen LogP contribution in [0.2, 0.25) is 0 Å². The molecule has 0 bridgehead atoms. The lowest BCUT2D eigenvalue weighted by molar-refractivity contribution is -0.118. The highest BCUT2D eigenvalue weighted by atomic mass is 32.2. The van der Waals surface area contributed by atoms with E-state index in [0.717, 1.165) is 13.0 Å². The topological polar surface area (TPSA) is 115 Å². The van der Waals surface area contributed by atoms with Crippen molar-refractivity contribution in [1.82, 2.24) is 19.5 Å². The molecule has 2 aliphatic rings. The summed E-state index contributed by atoms with van der Waals surface area (Å²) in [7, 11) is -3.78. The Morgan fingerprint density at radius 2 is 2.24 bits per heavy atom. The zero-order chi connectivity index (χ0) is 17.6. The minimum Gasteiger partial charge on any atom is -0.482 e. The van der Waals surface area contributed by atoms with Crippen LogP contribution in [0.25, 0.3) is 0 Å². The molecule has 0 saturated heterocycles. The molecule has 2 N–H and O–H groups in total. The number of nitrogens with zero attached hydrogens (tertiary/aromatic N) is 3. The highest BCUT2D eigenvalue weighted by molar-refractivity contribution is 7.89. The summed E-state index contributed by atoms with van der Waals surface area (Å²) in [4.78, 5) is 15.8. The Bertz CT molecular complexity index is 953. The molecule has 2 aliphatic heterocycles. The first-order valence-electron chi connectivity index (χ1n) is 7.93. The first-order valence-corrected chi connectivity index (χ1v) is 9.41. The standard InChI is InChI=1S/C15H17N5O4S/c1-9-16-15-11(3-2-6-20(15)18-9)19-25(22,23)10-4-5-13-12(7-10)17-14(21)8-24-13/h4-5,7,11,19H,2-3,6,8H2,1H3,(H,17,21)/t11-/m1/s1. The van der Waals surface area contributed by atoms with E-state index in [2.05, 4.69) is 20.1 Å². The van der Waals surface area contributed by atoms with E-state index in [1.54, 1.807) is 11.6 Å². The molecular formula is C15H17N5O4S. The molecule has 0 saturated carbocycles. The monoisotopic (exact) mass is 363 g/mol. The molecule has 25 heavy (non-hydrogen) atoms. The smallest absolute Gasteiger partial charge is 0.262 e. The maximum atomic E-state index is 12.8. The van der Waals surface area contributed by atoms with Crippen molar-refractivity contribution in [3.05, 3.63) is 29.8 Å². The molecule has 1 aromatic heterocycles. The lowest BCUT2D eigenvalue weighted by Crippen LogP contribution is -2.33. The molecule has 0 radical (unpaired) electrons. The lowest BCUT2D eigenvalue weighted by atomic mass is 10.1. The fourth-order valence-electron chi connectivity index (χ4n) is 3.06. The zero-order valence-corrected chi connectivity index (χ0v) is 14.3. The molecule has 0 fully saturated rings. The van der Waals surface area contributed by atoms with Gasteiger partial charge in [0.1, 0.15) is 17.4 Å². The van der Waals surface area contributed by atoms with Gasteiger partial charge >= 0.3 is 0 Å². The first kappa shape index (κ1) is 16.0. The van der Waals surface area contributed by atoms with Gasteiger partial charge in [0.2, 0.25) is 10.0 Å². The van der Waals surface area contributed by atoms with Crippen LogP contribution < -0.4 is 14.8 Å². The maximum absolute atomic E-state index is 12.8. The third kappa shape index (κ3) is 2.98. The van der Waals surface area contributed by atoms with Gasteiger partial charge in [0.25, 0.3) is 5.91 Å². The number of sulfonamides is 1. The number of carbonyl (C=O) groups is 1. The van der Waals surface area contributed by atoms with E-state index in [0.29, 0.717) is 29.5 Å². The molecule has 0 unspecified atom stereocenters. The Hall–Kier alpha value is -2.46. The molecule has 3 heterocycles. The summed E-state index contributed by atoms with van der Waals surface area (Å²) < 4.78 is 35.2. The van der Waals surface area contributed by atoms with Gasteiger partial charge in [-0.05, 0) is 38.0 Å². The largest absolute Gasteiger partial charge is 0.482 e. The van der Waals surface area contributed by atoms with Crippen molar-refractivity contribution < 1.29 is 17.9 Å². The third-order valence-electron chi connectivity index (χ3n) is 4.17. The molecule has 9 nitrogen and oxygen atoms in total. The van der Waals surface area contributed by atoms with Crippen LogP contribution in [-0.4, -0.2) is 35.7 Å². The predicted molar refractivity (Wildman–Crippen MR) is 87.6 cm³/mol. The van der Waals surface area contributed by atoms with Crippen molar-refractivity contribution in [2.75, 3.05) is 11.9 Å². The highest BCUT2D eigenvalue weighted by Gasteiger charge is 2.29. The number of rotatable bonds is 3. The van der Waals surface area contributed by atoms with E-state index in [-0.39, 0.29) is 17.4 Å². The van der Waals surface area contributed by atoms with Crippen LogP contribution in [0.4, 0.5) is 5.69 Å². The Morgan fingerprint density at radius 3 is 3.08 bits per heavy atom. The number of aromatic nitrogens is 3. The van der Waals surface area contributed by atoms with Crippen molar-refractivity contribution >= 4 is 21.6 Å². The summed E-state index contributed by atoms with van der Waals surface area (Å²) in [5.74, 6) is 1.38. The number of hydrogen-bond acceptors (Lipinski definition) is 6. The molecular weight excluding hydrogens is 346 g/mol. The Balaban J connectivity index is 1.63. The number of carbonyl (C=O) groups excluding carboxylic acids is 1. The van der Waals surface area contributed by atoms with Crippen LogP contribution in [0.3, 0.4) is 0 Å². The molecule has 10 heteroatoms. The average Bonchev–Trinajstić information content (AvgIpc) is 2.95. The first-order chi connectivity index (χ1) is 11.9. The van der Waals surface area contributed by atoms with E-state index in [4.69, 9.17) is 4.74 Å². The van der Waals surface area contributed by atoms with Crippen LogP contribution >= 0.6 is 0 Å². The van der Waals surface area contributed by atoms with E-state index in [9.17, 15) is 13.2 Å². The molecule has 1 amide bonds. The van der Waals surface area contributed by atoms with Gasteiger partial charge in [-0.15, -0.1) is 0 Å². The number of benzene rings is 1. The van der Waals surface area contributed by atoms with E-state index in [1.165, 1.54) is 18.2 Å². The van der Waals surface area contributed by atoms with Crippen LogP contribution in [0.1, 0.15) is 30.5 Å². The summed E-state index contributed by atoms with van der Waals surface area (Å²) in [5, 5.41) is 6.89. The van der Waals surface area contributed by atoms with Gasteiger partial charge in [0, 0.05) is 6.54 Å². The van der Waals surface area contributed by atoms with Crippen molar-refractivity contribution in [1.29, 1.82) is 0 Å². The average molecular weight is 363 g/mol. The Morgan fingerprint density at radius 1 is 1.40 bits per heavy atom. The minimum atomic E-state index is -3.78. The second-order valence-corrected chi connectivity index (χ2v) is 7.77. The number of hydrogen-bond donors (Lipinski definition) is 2. The third-order valence-corrected chi connectivity index (χ3v) is 5.64. The zero-order valence-electron chi connectivity index (χ0n) is 13.5. The summed E-state index contributed by atoms with van der Waals surface area (Å²) in [5.41, 5.74) is 0.349. The Labute approximate surface area is 144 Å². The minimum absolute atomic E-state index is 0.0606. The summed E-state index contributed by atoms with van der Waals surface area (Å²) >= 11 is 0. The highest BCUT2D eigenvalue weighted by Crippen LogP contribution is 2.31. The molecule has 1 aromatic carbocycles. The van der Waals surface area contributed by atoms with Gasteiger partial charge in [-0.2, -0.15) is 5.10 Å². The molecule has 2 aromatic rings. The maximum Gasteiger partial charge on any atom is 0.262 e. The van der Waals surface area contributed by atoms with Crippen molar-refractivity contribution in [2.45, 2.75) is 37.2 Å². The molecule has 4 rings (SSSR count). The predicted octanol–water partition coefficient (Wildman–Crippen LogP) is 0.731. The van der Waals surface area contributed by atoms with Gasteiger partial charge in [0.05, 0.1) is 16.6 Å². The van der Waals surface area contributed by atoms with E-state index < -0.39 is 16.1 Å². The van der Waals surface area contributed by atoms with Gasteiger partial charge in [-0.1, -0.05) is 0 Å². The summed E-state index contributed by atoms with van der Waals surface area (Å²) in [6, 6.07) is 3.96. The van der Waals surface area contributed by atoms with Gasteiger partial charge in [-0.25, -0.2) is 22.8 Å². The van der Waals surface area contributed by atoms with Crippen molar-refractivity contribution in [3.63, 3.8) is 0 Å². The van der Waals surface area contributed by atoms with Gasteiger partial charge in [0.15, 0.2) is 6.61 Å². The number of nitrogens with one attached hydrogen (secondary N) is 2. The normalized spacial score (nSPS) is 19.6. The molecule has 132 valence electrons. The van der Waals surface area contributed by atoms with Crippen LogP contribution in [0, 0.1) is 6.92 Å². The van der Waals surface area contributed by atoms with E-state index >= 15 is 0 Å². The van der Waals surface area contributed by atoms with Gasteiger partial charge in [-0.3, -0.25) is 4.79 Å². The SMILES string of the molecule is Cc1nc2n(n1)CCC[C@H]2NS(=O)(=O)c1ccc2c(c1)NC(=O)CO2.